The van der Waals surface area contributed by atoms with Crippen molar-refractivity contribution in [1.29, 1.82) is 0 Å². The average molecular weight is 477 g/mol. The molecule has 3 aliphatic rings. The van der Waals surface area contributed by atoms with E-state index in [1.807, 2.05) is 45.0 Å². The fourth-order valence-electron chi connectivity index (χ4n) is 5.98. The second-order valence-corrected chi connectivity index (χ2v) is 11.3. The lowest BCUT2D eigenvalue weighted by atomic mass is 9.86. The van der Waals surface area contributed by atoms with Crippen molar-refractivity contribution in [3.05, 3.63) is 59.7 Å². The highest BCUT2D eigenvalue weighted by Crippen LogP contribution is 2.63. The van der Waals surface area contributed by atoms with Gasteiger partial charge in [0.05, 0.1) is 5.41 Å². The van der Waals surface area contributed by atoms with Gasteiger partial charge in [-0.25, -0.2) is 4.79 Å². The summed E-state index contributed by atoms with van der Waals surface area (Å²) in [6.07, 6.45) is 1.16. The Balaban J connectivity index is 1.22. The zero-order valence-electron chi connectivity index (χ0n) is 20.3. The Hall–Kier alpha value is -3.35. The van der Waals surface area contributed by atoms with Crippen LogP contribution in [0.5, 0.6) is 0 Å². The van der Waals surface area contributed by atoms with Crippen LogP contribution in [0.1, 0.15) is 57.1 Å². The SMILES string of the molecule is CC(C)(C)C(NC(=O)OCC1c2ccccc2-c2ccccc21)C(=O)NC1CC2CC2(C(=O)O)C1. The predicted octanol–water partition coefficient (Wildman–Crippen LogP) is 4.31. The van der Waals surface area contributed by atoms with Gasteiger partial charge in [0.2, 0.25) is 5.91 Å². The van der Waals surface area contributed by atoms with E-state index in [0.29, 0.717) is 19.3 Å². The highest BCUT2D eigenvalue weighted by atomic mass is 16.5. The van der Waals surface area contributed by atoms with Crippen molar-refractivity contribution in [1.82, 2.24) is 10.6 Å². The standard InChI is InChI=1S/C28H32N2O5/c1-27(2,3)23(24(31)29-17-12-16-13-28(16,14-17)25(32)33)30-26(34)35-15-22-20-10-6-4-8-18(20)19-9-5-7-11-21(19)22/h4-11,16-17,22-23H,12-15H2,1-3H3,(H,29,31)(H,30,34)(H,32,33). The number of nitrogens with one attached hydrogen (secondary N) is 2. The lowest BCUT2D eigenvalue weighted by Crippen LogP contribution is -2.55. The lowest BCUT2D eigenvalue weighted by molar-refractivity contribution is -0.144. The van der Waals surface area contributed by atoms with Crippen LogP contribution in [-0.2, 0) is 14.3 Å². The minimum Gasteiger partial charge on any atom is -0.481 e. The van der Waals surface area contributed by atoms with E-state index in [0.717, 1.165) is 22.3 Å². The molecule has 0 radical (unpaired) electrons. The number of carboxylic acid groups (broad SMARTS) is 1. The molecule has 0 bridgehead atoms. The van der Waals surface area contributed by atoms with E-state index in [-0.39, 0.29) is 30.4 Å². The number of hydrogen-bond donors (Lipinski definition) is 3. The molecule has 0 aliphatic heterocycles. The van der Waals surface area contributed by atoms with Crippen molar-refractivity contribution >= 4 is 18.0 Å². The molecule has 0 aromatic heterocycles. The molecule has 2 aromatic carbocycles. The molecular formula is C28H32N2O5. The van der Waals surface area contributed by atoms with Crippen molar-refractivity contribution < 1.29 is 24.2 Å². The van der Waals surface area contributed by atoms with Gasteiger partial charge in [-0.05, 0) is 52.8 Å². The number of carbonyl (C=O) groups excluding carboxylic acids is 2. The van der Waals surface area contributed by atoms with Crippen molar-refractivity contribution in [2.24, 2.45) is 16.7 Å². The van der Waals surface area contributed by atoms with Crippen LogP contribution in [0.4, 0.5) is 4.79 Å². The topological polar surface area (TPSA) is 105 Å². The zero-order valence-corrected chi connectivity index (χ0v) is 20.3. The first kappa shape index (κ1) is 23.4. The minimum atomic E-state index is -0.809. The molecule has 3 aliphatic carbocycles. The molecule has 0 heterocycles. The Labute approximate surface area is 205 Å². The fraction of sp³-hybridized carbons (Fsp3) is 0.464. The molecule has 3 N–H and O–H groups in total. The van der Waals surface area contributed by atoms with Crippen LogP contribution in [0, 0.1) is 16.7 Å². The van der Waals surface area contributed by atoms with Gasteiger partial charge in [-0.2, -0.15) is 0 Å². The monoisotopic (exact) mass is 476 g/mol. The average Bonchev–Trinajstić information content (AvgIpc) is 3.24. The summed E-state index contributed by atoms with van der Waals surface area (Å²) in [7, 11) is 0. The third kappa shape index (κ3) is 4.17. The third-order valence-corrected chi connectivity index (χ3v) is 7.92. The summed E-state index contributed by atoms with van der Waals surface area (Å²) in [5.74, 6) is -1.01. The Kier molecular flexibility index (Phi) is 5.61. The van der Waals surface area contributed by atoms with E-state index in [1.54, 1.807) is 0 Å². The van der Waals surface area contributed by atoms with Gasteiger partial charge in [0.15, 0.2) is 0 Å². The maximum Gasteiger partial charge on any atom is 0.407 e. The second-order valence-electron chi connectivity index (χ2n) is 11.3. The van der Waals surface area contributed by atoms with Crippen molar-refractivity contribution in [2.45, 2.75) is 58.0 Å². The number of hydrogen-bond acceptors (Lipinski definition) is 4. The van der Waals surface area contributed by atoms with Crippen LogP contribution in [0.3, 0.4) is 0 Å². The number of ether oxygens (including phenoxy) is 1. The summed E-state index contributed by atoms with van der Waals surface area (Å²) in [5, 5.41) is 15.3. The quantitative estimate of drug-likeness (QED) is 0.576. The molecule has 2 saturated carbocycles. The number of alkyl carbamates (subject to hydrolysis) is 1. The summed E-state index contributed by atoms with van der Waals surface area (Å²) in [5.41, 5.74) is 3.32. The van der Waals surface area contributed by atoms with Crippen LogP contribution < -0.4 is 10.6 Å². The van der Waals surface area contributed by atoms with E-state index < -0.39 is 28.9 Å². The maximum absolute atomic E-state index is 13.1. The number of carbonyl (C=O) groups is 3. The summed E-state index contributed by atoms with van der Waals surface area (Å²) < 4.78 is 5.65. The Morgan fingerprint density at radius 1 is 1.03 bits per heavy atom. The molecule has 0 saturated heterocycles. The van der Waals surface area contributed by atoms with Crippen molar-refractivity contribution in [2.75, 3.05) is 6.61 Å². The molecule has 5 rings (SSSR count). The van der Waals surface area contributed by atoms with Gasteiger partial charge in [-0.15, -0.1) is 0 Å². The molecule has 184 valence electrons. The second kappa shape index (κ2) is 8.40. The minimum absolute atomic E-state index is 0.0625. The van der Waals surface area contributed by atoms with E-state index in [9.17, 15) is 19.5 Å². The van der Waals surface area contributed by atoms with Crippen LogP contribution in [-0.4, -0.2) is 41.8 Å². The number of benzene rings is 2. The molecule has 2 fully saturated rings. The van der Waals surface area contributed by atoms with Gasteiger partial charge in [0.25, 0.3) is 0 Å². The van der Waals surface area contributed by atoms with Gasteiger partial charge in [0, 0.05) is 12.0 Å². The van der Waals surface area contributed by atoms with Crippen LogP contribution >= 0.6 is 0 Å². The summed E-state index contributed by atoms with van der Waals surface area (Å²) in [6.45, 7) is 5.81. The first-order chi connectivity index (χ1) is 16.6. The molecule has 7 nitrogen and oxygen atoms in total. The number of aliphatic carboxylic acids is 1. The van der Waals surface area contributed by atoms with Gasteiger partial charge in [0.1, 0.15) is 12.6 Å². The highest BCUT2D eigenvalue weighted by molar-refractivity contribution is 5.87. The predicted molar refractivity (Wildman–Crippen MR) is 131 cm³/mol. The van der Waals surface area contributed by atoms with Gasteiger partial charge < -0.3 is 20.5 Å². The van der Waals surface area contributed by atoms with Crippen LogP contribution in [0.25, 0.3) is 11.1 Å². The number of amides is 2. The fourth-order valence-corrected chi connectivity index (χ4v) is 5.98. The Morgan fingerprint density at radius 2 is 1.63 bits per heavy atom. The first-order valence-corrected chi connectivity index (χ1v) is 12.3. The van der Waals surface area contributed by atoms with Crippen LogP contribution in [0.2, 0.25) is 0 Å². The van der Waals surface area contributed by atoms with Gasteiger partial charge in [-0.1, -0.05) is 69.3 Å². The Morgan fingerprint density at radius 3 is 2.17 bits per heavy atom. The van der Waals surface area contributed by atoms with E-state index >= 15 is 0 Å². The zero-order chi connectivity index (χ0) is 25.0. The van der Waals surface area contributed by atoms with E-state index in [1.165, 1.54) is 0 Å². The van der Waals surface area contributed by atoms with Crippen LogP contribution in [0.15, 0.2) is 48.5 Å². The molecule has 4 atom stereocenters. The molecule has 2 aromatic rings. The third-order valence-electron chi connectivity index (χ3n) is 7.92. The molecule has 0 spiro atoms. The lowest BCUT2D eigenvalue weighted by Gasteiger charge is -2.31. The smallest absolute Gasteiger partial charge is 0.407 e. The summed E-state index contributed by atoms with van der Waals surface area (Å²) >= 11 is 0. The van der Waals surface area contributed by atoms with E-state index in [4.69, 9.17) is 4.74 Å². The molecular weight excluding hydrogens is 444 g/mol. The van der Waals surface area contributed by atoms with Crippen molar-refractivity contribution in [3.8, 4) is 11.1 Å². The summed E-state index contributed by atoms with van der Waals surface area (Å²) in [4.78, 5) is 37.6. The highest BCUT2D eigenvalue weighted by Gasteiger charge is 2.65. The largest absolute Gasteiger partial charge is 0.481 e. The van der Waals surface area contributed by atoms with Crippen molar-refractivity contribution in [3.63, 3.8) is 0 Å². The molecule has 4 unspecified atom stereocenters. The number of fused-ring (bicyclic) bond motifs is 4. The molecule has 7 heteroatoms. The molecule has 35 heavy (non-hydrogen) atoms. The number of carboxylic acids is 1. The van der Waals surface area contributed by atoms with Gasteiger partial charge >= 0.3 is 12.1 Å². The van der Waals surface area contributed by atoms with Gasteiger partial charge in [-0.3, -0.25) is 9.59 Å². The van der Waals surface area contributed by atoms with E-state index in [2.05, 4.69) is 34.9 Å². The number of rotatable bonds is 6. The maximum atomic E-state index is 13.1. The first-order valence-electron chi connectivity index (χ1n) is 12.3. The summed E-state index contributed by atoms with van der Waals surface area (Å²) in [6, 6.07) is 15.3. The molecule has 2 amide bonds. The normalized spacial score (nSPS) is 25.1. The Bertz CT molecular complexity index is 1140.